The van der Waals surface area contributed by atoms with Crippen LogP contribution in [0.1, 0.15) is 32.6 Å². The van der Waals surface area contributed by atoms with Crippen molar-refractivity contribution in [3.63, 3.8) is 0 Å². The number of nitrogens with one attached hydrogen (secondary N) is 1. The summed E-state index contributed by atoms with van der Waals surface area (Å²) in [4.78, 5) is 10.6. The lowest BCUT2D eigenvalue weighted by molar-refractivity contribution is -0.384. The smallest absolute Gasteiger partial charge is 0.330 e. The van der Waals surface area contributed by atoms with Gasteiger partial charge in [-0.1, -0.05) is 19.8 Å². The molecule has 1 aliphatic carbocycles. The van der Waals surface area contributed by atoms with E-state index >= 15 is 0 Å². The molecule has 2 unspecified atom stereocenters. The van der Waals surface area contributed by atoms with E-state index in [-0.39, 0.29) is 11.2 Å². The maximum Gasteiger partial charge on any atom is 0.330 e. The third-order valence-corrected chi connectivity index (χ3v) is 4.19. The lowest BCUT2D eigenvalue weighted by Gasteiger charge is -2.42. The highest BCUT2D eigenvalue weighted by atomic mass is 16.6. The van der Waals surface area contributed by atoms with Crippen LogP contribution in [0.25, 0.3) is 0 Å². The average Bonchev–Trinajstić information content (AvgIpc) is 2.73. The molecular weight excluding hydrogens is 246 g/mol. The van der Waals surface area contributed by atoms with Crippen LogP contribution < -0.4 is 11.1 Å². The first-order valence-electron chi connectivity index (χ1n) is 6.65. The van der Waals surface area contributed by atoms with Crippen molar-refractivity contribution in [2.24, 2.45) is 18.7 Å². The fraction of sp³-hybridized carbons (Fsp3) is 0.750. The van der Waals surface area contributed by atoms with Gasteiger partial charge in [0.05, 0.1) is 10.5 Å². The van der Waals surface area contributed by atoms with Gasteiger partial charge in [0.15, 0.2) is 0 Å². The van der Waals surface area contributed by atoms with E-state index in [9.17, 15) is 10.1 Å². The Labute approximate surface area is 112 Å². The lowest BCUT2D eigenvalue weighted by Crippen LogP contribution is -2.52. The number of nitrogens with zero attached hydrogens (tertiary/aromatic N) is 3. The zero-order valence-electron chi connectivity index (χ0n) is 11.4. The van der Waals surface area contributed by atoms with Crippen LogP contribution in [-0.2, 0) is 7.05 Å². The van der Waals surface area contributed by atoms with Crippen LogP contribution in [0, 0.1) is 16.0 Å². The molecule has 7 nitrogen and oxygen atoms in total. The molecule has 0 amide bonds. The number of nitrogens with two attached hydrogens (primary N) is 1. The minimum Gasteiger partial charge on any atom is -0.356 e. The highest BCUT2D eigenvalue weighted by Crippen LogP contribution is 2.37. The van der Waals surface area contributed by atoms with E-state index in [4.69, 9.17) is 5.73 Å². The zero-order chi connectivity index (χ0) is 14.0. The standard InChI is InChI=1S/C12H21N5O2/c1-9-5-3-4-6-12(9,8-13)14-11-10(17(18)19)7-16(2)15-11/h7,9H,3-6,8,13H2,1-2H3,(H,14,15). The van der Waals surface area contributed by atoms with E-state index in [1.54, 1.807) is 7.05 Å². The number of hydrogen-bond acceptors (Lipinski definition) is 5. The highest BCUT2D eigenvalue weighted by molar-refractivity contribution is 5.56. The van der Waals surface area contributed by atoms with Gasteiger partial charge in [0, 0.05) is 13.6 Å². The summed E-state index contributed by atoms with van der Waals surface area (Å²) >= 11 is 0. The second-order valence-electron chi connectivity index (χ2n) is 5.43. The molecule has 1 heterocycles. The number of aromatic nitrogens is 2. The van der Waals surface area contributed by atoms with Gasteiger partial charge >= 0.3 is 5.69 Å². The Balaban J connectivity index is 2.30. The summed E-state index contributed by atoms with van der Waals surface area (Å²) in [6.45, 7) is 2.61. The Hall–Kier alpha value is -1.63. The predicted octanol–water partition coefficient (Wildman–Crippen LogP) is 1.65. The molecule has 0 aliphatic heterocycles. The van der Waals surface area contributed by atoms with Gasteiger partial charge in [-0.25, -0.2) is 0 Å². The molecule has 3 N–H and O–H groups in total. The van der Waals surface area contributed by atoms with Crippen LogP contribution in [0.2, 0.25) is 0 Å². The quantitative estimate of drug-likeness (QED) is 0.638. The van der Waals surface area contributed by atoms with Crippen molar-refractivity contribution in [1.29, 1.82) is 0 Å². The Morgan fingerprint density at radius 2 is 2.42 bits per heavy atom. The Morgan fingerprint density at radius 3 is 3.00 bits per heavy atom. The van der Waals surface area contributed by atoms with Gasteiger partial charge in [-0.3, -0.25) is 14.8 Å². The Bertz CT molecular complexity index is 473. The van der Waals surface area contributed by atoms with Crippen molar-refractivity contribution in [3.8, 4) is 0 Å². The van der Waals surface area contributed by atoms with Crippen LogP contribution in [0.5, 0.6) is 0 Å². The van der Waals surface area contributed by atoms with Crippen molar-refractivity contribution in [1.82, 2.24) is 9.78 Å². The number of anilines is 1. The molecule has 7 heteroatoms. The van der Waals surface area contributed by atoms with Crippen molar-refractivity contribution < 1.29 is 4.92 Å². The summed E-state index contributed by atoms with van der Waals surface area (Å²) in [5, 5.41) is 18.5. The maximum atomic E-state index is 11.0. The second kappa shape index (κ2) is 5.16. The number of aryl methyl sites for hydroxylation is 1. The number of hydrogen-bond donors (Lipinski definition) is 2. The van der Waals surface area contributed by atoms with Crippen LogP contribution in [0.4, 0.5) is 11.5 Å². The first-order valence-corrected chi connectivity index (χ1v) is 6.65. The monoisotopic (exact) mass is 267 g/mol. The first-order chi connectivity index (χ1) is 8.98. The van der Waals surface area contributed by atoms with Crippen LogP contribution >= 0.6 is 0 Å². The number of rotatable bonds is 4. The average molecular weight is 267 g/mol. The van der Waals surface area contributed by atoms with Crippen molar-refractivity contribution in [2.45, 2.75) is 38.1 Å². The third-order valence-electron chi connectivity index (χ3n) is 4.19. The number of nitro groups is 1. The zero-order valence-corrected chi connectivity index (χ0v) is 11.4. The molecular formula is C12H21N5O2. The van der Waals surface area contributed by atoms with E-state index in [1.165, 1.54) is 17.3 Å². The molecule has 0 spiro atoms. The normalized spacial score (nSPS) is 27.2. The predicted molar refractivity (Wildman–Crippen MR) is 72.9 cm³/mol. The minimum atomic E-state index is -0.410. The van der Waals surface area contributed by atoms with Crippen molar-refractivity contribution >= 4 is 11.5 Å². The van der Waals surface area contributed by atoms with Crippen LogP contribution in [-0.4, -0.2) is 26.8 Å². The molecule has 1 saturated carbocycles. The van der Waals surface area contributed by atoms with E-state index in [0.717, 1.165) is 19.3 Å². The van der Waals surface area contributed by atoms with E-state index in [0.29, 0.717) is 18.3 Å². The molecule has 1 aromatic heterocycles. The molecule has 2 atom stereocenters. The second-order valence-corrected chi connectivity index (χ2v) is 5.43. The molecule has 0 aromatic carbocycles. The molecule has 0 radical (unpaired) electrons. The molecule has 106 valence electrons. The van der Waals surface area contributed by atoms with Crippen LogP contribution in [0.15, 0.2) is 6.20 Å². The molecule has 2 rings (SSSR count). The van der Waals surface area contributed by atoms with Gasteiger partial charge < -0.3 is 11.1 Å². The Morgan fingerprint density at radius 1 is 1.68 bits per heavy atom. The fourth-order valence-corrected chi connectivity index (χ4v) is 2.89. The summed E-state index contributed by atoms with van der Waals surface area (Å²) in [6, 6.07) is 0. The maximum absolute atomic E-state index is 11.0. The van der Waals surface area contributed by atoms with Gasteiger partial charge in [-0.15, -0.1) is 5.10 Å². The van der Waals surface area contributed by atoms with Gasteiger partial charge in [-0.2, -0.15) is 0 Å². The summed E-state index contributed by atoms with van der Waals surface area (Å²) in [7, 11) is 1.68. The van der Waals surface area contributed by atoms with Crippen LogP contribution in [0.3, 0.4) is 0 Å². The Kier molecular flexibility index (Phi) is 3.75. The molecule has 1 aliphatic rings. The van der Waals surface area contributed by atoms with E-state index in [1.807, 2.05) is 0 Å². The summed E-state index contributed by atoms with van der Waals surface area (Å²) in [5.41, 5.74) is 5.67. The third kappa shape index (κ3) is 2.56. The SMILES string of the molecule is CC1CCCCC1(CN)Nc1nn(C)cc1[N+](=O)[O-]. The molecule has 19 heavy (non-hydrogen) atoms. The molecule has 0 bridgehead atoms. The highest BCUT2D eigenvalue weighted by Gasteiger charge is 2.39. The molecule has 0 saturated heterocycles. The van der Waals surface area contributed by atoms with Gasteiger partial charge in [0.25, 0.3) is 0 Å². The first kappa shape index (κ1) is 13.8. The van der Waals surface area contributed by atoms with Gasteiger partial charge in [0.2, 0.25) is 5.82 Å². The molecule has 1 fully saturated rings. The van der Waals surface area contributed by atoms with Crippen molar-refractivity contribution in [3.05, 3.63) is 16.3 Å². The minimum absolute atomic E-state index is 0.00750. The van der Waals surface area contributed by atoms with Gasteiger partial charge in [-0.05, 0) is 18.8 Å². The summed E-state index contributed by atoms with van der Waals surface area (Å²) in [5.74, 6) is 0.708. The van der Waals surface area contributed by atoms with Gasteiger partial charge in [0.1, 0.15) is 6.20 Å². The largest absolute Gasteiger partial charge is 0.356 e. The topological polar surface area (TPSA) is 99.0 Å². The van der Waals surface area contributed by atoms with Crippen molar-refractivity contribution in [2.75, 3.05) is 11.9 Å². The van der Waals surface area contributed by atoms with E-state index in [2.05, 4.69) is 17.3 Å². The molecule has 1 aromatic rings. The van der Waals surface area contributed by atoms with E-state index < -0.39 is 4.92 Å². The lowest BCUT2D eigenvalue weighted by atomic mass is 9.73. The summed E-state index contributed by atoms with van der Waals surface area (Å²) < 4.78 is 1.46. The fourth-order valence-electron chi connectivity index (χ4n) is 2.89. The summed E-state index contributed by atoms with van der Waals surface area (Å²) in [6.07, 6.45) is 5.72.